The van der Waals surface area contributed by atoms with Gasteiger partial charge in [0, 0.05) is 38.8 Å². The van der Waals surface area contributed by atoms with Crippen LogP contribution in [0.4, 0.5) is 6.01 Å². The Hall–Kier alpha value is -2.57. The third kappa shape index (κ3) is 3.84. The summed E-state index contributed by atoms with van der Waals surface area (Å²) in [7, 11) is 1.70. The van der Waals surface area contributed by atoms with Crippen molar-refractivity contribution in [3.63, 3.8) is 0 Å². The van der Waals surface area contributed by atoms with Crippen molar-refractivity contribution in [1.29, 1.82) is 0 Å². The number of benzene rings is 2. The molecule has 6 heteroatoms. The van der Waals surface area contributed by atoms with E-state index < -0.39 is 0 Å². The second-order valence-electron chi connectivity index (χ2n) is 7.35. The second kappa shape index (κ2) is 8.20. The minimum atomic E-state index is 0.171. The Balaban J connectivity index is 1.49. The summed E-state index contributed by atoms with van der Waals surface area (Å²) in [5.74, 6) is 0.913. The molecule has 1 atom stereocenters. The van der Waals surface area contributed by atoms with E-state index >= 15 is 0 Å². The van der Waals surface area contributed by atoms with Crippen LogP contribution in [-0.2, 0) is 6.54 Å². The number of hydrogen-bond acceptors (Lipinski definition) is 6. The summed E-state index contributed by atoms with van der Waals surface area (Å²) in [6, 6.07) is 15.1. The monoisotopic (exact) mass is 381 g/mol. The highest BCUT2D eigenvalue weighted by Gasteiger charge is 2.29. The zero-order valence-corrected chi connectivity index (χ0v) is 16.5. The molecule has 1 aliphatic rings. The zero-order chi connectivity index (χ0) is 19.5. The molecule has 6 nitrogen and oxygen atoms in total. The van der Waals surface area contributed by atoms with E-state index in [2.05, 4.69) is 33.8 Å². The van der Waals surface area contributed by atoms with Crippen LogP contribution < -0.4 is 9.64 Å². The summed E-state index contributed by atoms with van der Waals surface area (Å²) in [6.07, 6.45) is 0.728. The Labute approximate surface area is 165 Å². The molecular weight excluding hydrogens is 354 g/mol. The molecule has 4 rings (SSSR count). The number of fused-ring (bicyclic) bond motifs is 1. The van der Waals surface area contributed by atoms with Gasteiger partial charge in [-0.05, 0) is 42.7 Å². The molecule has 0 spiro atoms. The number of ether oxygens (including phenoxy) is 1. The van der Waals surface area contributed by atoms with Crippen molar-refractivity contribution >= 4 is 17.1 Å². The third-order valence-electron chi connectivity index (χ3n) is 5.47. The lowest BCUT2D eigenvalue weighted by Crippen LogP contribution is -2.53. The first-order valence-electron chi connectivity index (χ1n) is 9.77. The highest BCUT2D eigenvalue weighted by atomic mass is 16.5. The molecule has 1 N–H and O–H groups in total. The normalized spacial score (nSPS) is 18.0. The fourth-order valence-corrected chi connectivity index (χ4v) is 3.97. The zero-order valence-electron chi connectivity index (χ0n) is 16.5. The number of rotatable bonds is 6. The SMILES string of the molecule is COc1ccc(CN2CCN(c3nc4ccccc4o3)CC2CCO)cc1C. The number of para-hydroxylation sites is 2. The average Bonchev–Trinajstić information content (AvgIpc) is 3.14. The van der Waals surface area contributed by atoms with Crippen LogP contribution in [0, 0.1) is 6.92 Å². The number of methoxy groups -OCH3 is 1. The van der Waals surface area contributed by atoms with E-state index in [0.717, 1.165) is 55.0 Å². The molecule has 0 radical (unpaired) electrons. The lowest BCUT2D eigenvalue weighted by atomic mass is 10.1. The molecule has 1 unspecified atom stereocenters. The first-order valence-corrected chi connectivity index (χ1v) is 9.77. The molecule has 1 aliphatic heterocycles. The topological polar surface area (TPSA) is 62.0 Å². The molecule has 1 aromatic heterocycles. The lowest BCUT2D eigenvalue weighted by molar-refractivity contribution is 0.133. The molecule has 1 fully saturated rings. The van der Waals surface area contributed by atoms with Gasteiger partial charge in [-0.25, -0.2) is 0 Å². The Bertz CT molecular complexity index is 907. The van der Waals surface area contributed by atoms with Gasteiger partial charge in [0.15, 0.2) is 5.58 Å². The molecule has 0 bridgehead atoms. The molecule has 0 amide bonds. The molecule has 2 aromatic carbocycles. The Morgan fingerprint density at radius 3 is 2.82 bits per heavy atom. The maximum atomic E-state index is 9.59. The number of oxazole rings is 1. The summed E-state index contributed by atoms with van der Waals surface area (Å²) >= 11 is 0. The van der Waals surface area contributed by atoms with Gasteiger partial charge in [-0.15, -0.1) is 0 Å². The van der Waals surface area contributed by atoms with Crippen molar-refractivity contribution in [3.8, 4) is 5.75 Å². The van der Waals surface area contributed by atoms with Gasteiger partial charge >= 0.3 is 0 Å². The van der Waals surface area contributed by atoms with Gasteiger partial charge in [0.25, 0.3) is 6.01 Å². The number of aromatic nitrogens is 1. The van der Waals surface area contributed by atoms with Crippen LogP contribution in [0.5, 0.6) is 5.75 Å². The molecular formula is C22H27N3O3. The van der Waals surface area contributed by atoms with E-state index in [1.807, 2.05) is 30.3 Å². The quantitative estimate of drug-likeness (QED) is 0.707. The van der Waals surface area contributed by atoms with E-state index in [1.54, 1.807) is 7.11 Å². The number of aliphatic hydroxyl groups excluding tert-OH is 1. The minimum absolute atomic E-state index is 0.171. The highest BCUT2D eigenvalue weighted by molar-refractivity contribution is 5.74. The van der Waals surface area contributed by atoms with Crippen molar-refractivity contribution in [2.45, 2.75) is 25.9 Å². The van der Waals surface area contributed by atoms with E-state index in [4.69, 9.17) is 9.15 Å². The van der Waals surface area contributed by atoms with Gasteiger partial charge in [0.2, 0.25) is 0 Å². The maximum absolute atomic E-state index is 9.59. The van der Waals surface area contributed by atoms with Crippen molar-refractivity contribution < 1.29 is 14.3 Å². The van der Waals surface area contributed by atoms with E-state index in [9.17, 15) is 5.11 Å². The third-order valence-corrected chi connectivity index (χ3v) is 5.47. The van der Waals surface area contributed by atoms with Gasteiger partial charge in [0.05, 0.1) is 7.11 Å². The molecule has 3 aromatic rings. The van der Waals surface area contributed by atoms with Crippen LogP contribution >= 0.6 is 0 Å². The molecule has 0 saturated carbocycles. The van der Waals surface area contributed by atoms with Crippen LogP contribution in [0.15, 0.2) is 46.9 Å². The van der Waals surface area contributed by atoms with E-state index in [-0.39, 0.29) is 12.6 Å². The predicted octanol–water partition coefficient (Wildman–Crippen LogP) is 3.22. The van der Waals surface area contributed by atoms with Gasteiger partial charge in [0.1, 0.15) is 11.3 Å². The van der Waals surface area contributed by atoms with E-state index in [0.29, 0.717) is 6.01 Å². The minimum Gasteiger partial charge on any atom is -0.496 e. The lowest BCUT2D eigenvalue weighted by Gasteiger charge is -2.40. The van der Waals surface area contributed by atoms with Crippen molar-refractivity contribution in [2.75, 3.05) is 38.3 Å². The summed E-state index contributed by atoms with van der Waals surface area (Å²) in [4.78, 5) is 9.27. The van der Waals surface area contributed by atoms with Gasteiger partial charge < -0.3 is 19.2 Å². The Morgan fingerprint density at radius 1 is 1.21 bits per heavy atom. The maximum Gasteiger partial charge on any atom is 0.298 e. The average molecular weight is 381 g/mol. The van der Waals surface area contributed by atoms with Gasteiger partial charge in [-0.2, -0.15) is 4.98 Å². The van der Waals surface area contributed by atoms with E-state index in [1.165, 1.54) is 5.56 Å². The molecule has 2 heterocycles. The van der Waals surface area contributed by atoms with Crippen LogP contribution in [0.2, 0.25) is 0 Å². The predicted molar refractivity (Wildman–Crippen MR) is 110 cm³/mol. The van der Waals surface area contributed by atoms with Crippen molar-refractivity contribution in [1.82, 2.24) is 9.88 Å². The van der Waals surface area contributed by atoms with Crippen LogP contribution in [-0.4, -0.2) is 54.4 Å². The van der Waals surface area contributed by atoms with Crippen molar-refractivity contribution in [3.05, 3.63) is 53.6 Å². The fourth-order valence-electron chi connectivity index (χ4n) is 3.97. The Kier molecular flexibility index (Phi) is 5.50. The number of hydrogen-bond donors (Lipinski definition) is 1. The molecule has 148 valence electrons. The smallest absolute Gasteiger partial charge is 0.298 e. The number of anilines is 1. The fraction of sp³-hybridized carbons (Fsp3) is 0.409. The number of piperazine rings is 1. The standard InChI is InChI=1S/C22H27N3O3/c1-16-13-17(7-8-20(16)27-2)14-24-10-11-25(15-18(24)9-12-26)22-23-19-5-3-4-6-21(19)28-22/h3-8,13,18,26H,9-12,14-15H2,1-2H3. The summed E-state index contributed by atoms with van der Waals surface area (Å²) in [6.45, 7) is 5.64. The summed E-state index contributed by atoms with van der Waals surface area (Å²) in [5.41, 5.74) is 4.10. The van der Waals surface area contributed by atoms with Gasteiger partial charge in [-0.1, -0.05) is 24.3 Å². The highest BCUT2D eigenvalue weighted by Crippen LogP contribution is 2.26. The Morgan fingerprint density at radius 2 is 2.07 bits per heavy atom. The number of nitrogens with zero attached hydrogens (tertiary/aromatic N) is 3. The molecule has 1 saturated heterocycles. The van der Waals surface area contributed by atoms with Crippen LogP contribution in [0.3, 0.4) is 0 Å². The summed E-state index contributed by atoms with van der Waals surface area (Å²) in [5, 5.41) is 9.59. The second-order valence-corrected chi connectivity index (χ2v) is 7.35. The first kappa shape index (κ1) is 18.8. The molecule has 28 heavy (non-hydrogen) atoms. The summed E-state index contributed by atoms with van der Waals surface area (Å²) < 4.78 is 11.3. The largest absolute Gasteiger partial charge is 0.496 e. The number of aliphatic hydroxyl groups is 1. The van der Waals surface area contributed by atoms with Crippen molar-refractivity contribution in [2.24, 2.45) is 0 Å². The van der Waals surface area contributed by atoms with Crippen LogP contribution in [0.1, 0.15) is 17.5 Å². The molecule has 0 aliphatic carbocycles. The first-order chi connectivity index (χ1) is 13.7. The number of aryl methyl sites for hydroxylation is 1. The van der Waals surface area contributed by atoms with Gasteiger partial charge in [-0.3, -0.25) is 4.90 Å². The van der Waals surface area contributed by atoms with Crippen LogP contribution in [0.25, 0.3) is 11.1 Å².